The van der Waals surface area contributed by atoms with Crippen molar-refractivity contribution in [2.75, 3.05) is 18.5 Å². The van der Waals surface area contributed by atoms with Crippen LogP contribution in [0.15, 0.2) is 30.3 Å². The number of hydrogen-bond donors (Lipinski definition) is 0. The molecule has 0 N–H and O–H groups in total. The molecule has 4 nitrogen and oxygen atoms in total. The lowest BCUT2D eigenvalue weighted by molar-refractivity contribution is -0.146. The molecular formula is C15H20N2O2. The van der Waals surface area contributed by atoms with Crippen LogP contribution in [-0.4, -0.2) is 36.3 Å². The Balaban J connectivity index is 2.08. The molecule has 0 saturated carbocycles. The third-order valence-corrected chi connectivity index (χ3v) is 3.69. The third kappa shape index (κ3) is 2.95. The number of piperidine rings is 1. The summed E-state index contributed by atoms with van der Waals surface area (Å²) in [6.45, 7) is 2.70. The molecule has 1 aromatic carbocycles. The van der Waals surface area contributed by atoms with Gasteiger partial charge in [-0.3, -0.25) is 9.59 Å². The molecule has 0 spiro atoms. The van der Waals surface area contributed by atoms with Gasteiger partial charge in [-0.2, -0.15) is 0 Å². The summed E-state index contributed by atoms with van der Waals surface area (Å²) >= 11 is 0. The monoisotopic (exact) mass is 260 g/mol. The predicted octanol–water partition coefficient (Wildman–Crippen LogP) is 2.05. The van der Waals surface area contributed by atoms with Crippen LogP contribution in [0.25, 0.3) is 0 Å². The SMILES string of the molecule is CC1CCCCN1C(=O)C(=O)N(C)c1ccccc1. The van der Waals surface area contributed by atoms with Crippen molar-refractivity contribution in [2.45, 2.75) is 32.2 Å². The Hall–Kier alpha value is -1.84. The Morgan fingerprint density at radius 1 is 1.21 bits per heavy atom. The summed E-state index contributed by atoms with van der Waals surface area (Å²) in [7, 11) is 1.64. The largest absolute Gasteiger partial charge is 0.332 e. The summed E-state index contributed by atoms with van der Waals surface area (Å²) in [5.41, 5.74) is 0.741. The van der Waals surface area contributed by atoms with E-state index in [0.717, 1.165) is 24.9 Å². The Kier molecular flexibility index (Phi) is 4.20. The number of rotatable bonds is 1. The zero-order chi connectivity index (χ0) is 13.8. The van der Waals surface area contributed by atoms with Crippen molar-refractivity contribution in [3.05, 3.63) is 30.3 Å². The molecule has 0 aromatic heterocycles. The summed E-state index contributed by atoms with van der Waals surface area (Å²) < 4.78 is 0. The summed E-state index contributed by atoms with van der Waals surface area (Å²) in [5, 5.41) is 0. The molecule has 1 unspecified atom stereocenters. The third-order valence-electron chi connectivity index (χ3n) is 3.69. The van der Waals surface area contributed by atoms with Gasteiger partial charge in [-0.25, -0.2) is 0 Å². The van der Waals surface area contributed by atoms with E-state index in [1.807, 2.05) is 37.3 Å². The molecular weight excluding hydrogens is 240 g/mol. The highest BCUT2D eigenvalue weighted by Gasteiger charge is 2.30. The quantitative estimate of drug-likeness (QED) is 0.725. The van der Waals surface area contributed by atoms with Gasteiger partial charge in [-0.15, -0.1) is 0 Å². The molecule has 2 rings (SSSR count). The minimum atomic E-state index is -0.458. The number of likely N-dealkylation sites (N-methyl/N-ethyl adjacent to an activating group) is 1. The number of likely N-dealkylation sites (tertiary alicyclic amines) is 1. The van der Waals surface area contributed by atoms with E-state index in [1.165, 1.54) is 4.90 Å². The van der Waals surface area contributed by atoms with Gasteiger partial charge in [0.15, 0.2) is 0 Å². The molecule has 1 saturated heterocycles. The first-order chi connectivity index (χ1) is 9.11. The lowest BCUT2D eigenvalue weighted by Crippen LogP contribution is -2.49. The number of carbonyl (C=O) groups excluding carboxylic acids is 2. The number of para-hydroxylation sites is 1. The van der Waals surface area contributed by atoms with Crippen molar-refractivity contribution < 1.29 is 9.59 Å². The smallest absolute Gasteiger partial charge is 0.316 e. The molecule has 1 atom stereocenters. The molecule has 4 heteroatoms. The van der Waals surface area contributed by atoms with Crippen LogP contribution < -0.4 is 4.90 Å². The molecule has 2 amide bonds. The maximum Gasteiger partial charge on any atom is 0.316 e. The van der Waals surface area contributed by atoms with Gasteiger partial charge >= 0.3 is 11.8 Å². The topological polar surface area (TPSA) is 40.6 Å². The second-order valence-electron chi connectivity index (χ2n) is 5.04. The minimum Gasteiger partial charge on any atom is -0.332 e. The summed E-state index contributed by atoms with van der Waals surface area (Å²) in [4.78, 5) is 27.6. The number of benzene rings is 1. The molecule has 102 valence electrons. The van der Waals surface area contributed by atoms with Gasteiger partial charge in [0.25, 0.3) is 0 Å². The van der Waals surface area contributed by atoms with Crippen LogP contribution in [0.1, 0.15) is 26.2 Å². The van der Waals surface area contributed by atoms with Crippen LogP contribution in [0.2, 0.25) is 0 Å². The molecule has 1 aliphatic heterocycles. The Bertz CT molecular complexity index is 458. The van der Waals surface area contributed by atoms with Crippen LogP contribution >= 0.6 is 0 Å². The first-order valence-corrected chi connectivity index (χ1v) is 6.75. The number of amides is 2. The van der Waals surface area contributed by atoms with Gasteiger partial charge in [-0.05, 0) is 38.3 Å². The van der Waals surface area contributed by atoms with Crippen molar-refractivity contribution in [1.29, 1.82) is 0 Å². The first kappa shape index (κ1) is 13.6. The van der Waals surface area contributed by atoms with Crippen molar-refractivity contribution in [3.8, 4) is 0 Å². The number of hydrogen-bond acceptors (Lipinski definition) is 2. The summed E-state index contributed by atoms with van der Waals surface area (Å²) in [6, 6.07) is 9.40. The zero-order valence-electron chi connectivity index (χ0n) is 11.5. The zero-order valence-corrected chi connectivity index (χ0v) is 11.5. The van der Waals surface area contributed by atoms with Gasteiger partial charge in [0.1, 0.15) is 0 Å². The lowest BCUT2D eigenvalue weighted by atomic mass is 10.0. The average molecular weight is 260 g/mol. The van der Waals surface area contributed by atoms with Gasteiger partial charge in [-0.1, -0.05) is 18.2 Å². The van der Waals surface area contributed by atoms with E-state index in [2.05, 4.69) is 0 Å². The van der Waals surface area contributed by atoms with E-state index in [1.54, 1.807) is 11.9 Å². The fourth-order valence-corrected chi connectivity index (χ4v) is 2.44. The van der Waals surface area contributed by atoms with Crippen LogP contribution in [0.3, 0.4) is 0 Å². The molecule has 0 radical (unpaired) electrons. The second kappa shape index (κ2) is 5.87. The van der Waals surface area contributed by atoms with E-state index in [-0.39, 0.29) is 6.04 Å². The fraction of sp³-hybridized carbons (Fsp3) is 0.467. The highest BCUT2D eigenvalue weighted by molar-refractivity contribution is 6.40. The van der Waals surface area contributed by atoms with Crippen molar-refractivity contribution in [3.63, 3.8) is 0 Å². The van der Waals surface area contributed by atoms with Gasteiger partial charge in [0.2, 0.25) is 0 Å². The van der Waals surface area contributed by atoms with Crippen LogP contribution in [0.5, 0.6) is 0 Å². The second-order valence-corrected chi connectivity index (χ2v) is 5.04. The van der Waals surface area contributed by atoms with Gasteiger partial charge < -0.3 is 9.80 Å². The van der Waals surface area contributed by atoms with Crippen LogP contribution in [0, 0.1) is 0 Å². The van der Waals surface area contributed by atoms with E-state index in [4.69, 9.17) is 0 Å². The first-order valence-electron chi connectivity index (χ1n) is 6.75. The molecule has 1 heterocycles. The molecule has 0 aliphatic carbocycles. The standard InChI is InChI=1S/C15H20N2O2/c1-12-8-6-7-11-17(12)15(19)14(18)16(2)13-9-4-3-5-10-13/h3-5,9-10,12H,6-8,11H2,1-2H3. The minimum absolute atomic E-state index is 0.161. The van der Waals surface area contributed by atoms with Gasteiger partial charge in [0.05, 0.1) is 0 Å². The Morgan fingerprint density at radius 2 is 1.89 bits per heavy atom. The van der Waals surface area contributed by atoms with E-state index >= 15 is 0 Å². The van der Waals surface area contributed by atoms with E-state index < -0.39 is 11.8 Å². The Labute approximate surface area is 114 Å². The van der Waals surface area contributed by atoms with Crippen molar-refractivity contribution >= 4 is 17.5 Å². The molecule has 1 fully saturated rings. The molecule has 0 bridgehead atoms. The highest BCUT2D eigenvalue weighted by atomic mass is 16.2. The van der Waals surface area contributed by atoms with E-state index in [0.29, 0.717) is 6.54 Å². The number of carbonyl (C=O) groups is 2. The molecule has 19 heavy (non-hydrogen) atoms. The maximum absolute atomic E-state index is 12.3. The summed E-state index contributed by atoms with van der Waals surface area (Å²) in [5.74, 6) is -0.849. The molecule has 1 aliphatic rings. The summed E-state index contributed by atoms with van der Waals surface area (Å²) in [6.07, 6.45) is 3.10. The number of nitrogens with zero attached hydrogens (tertiary/aromatic N) is 2. The predicted molar refractivity (Wildman–Crippen MR) is 74.9 cm³/mol. The van der Waals surface area contributed by atoms with Gasteiger partial charge in [0, 0.05) is 25.3 Å². The number of anilines is 1. The van der Waals surface area contributed by atoms with Crippen LogP contribution in [-0.2, 0) is 9.59 Å². The Morgan fingerprint density at radius 3 is 2.53 bits per heavy atom. The van der Waals surface area contributed by atoms with E-state index in [9.17, 15) is 9.59 Å². The maximum atomic E-state index is 12.3. The fourth-order valence-electron chi connectivity index (χ4n) is 2.44. The van der Waals surface area contributed by atoms with Crippen molar-refractivity contribution in [1.82, 2.24) is 4.90 Å². The lowest BCUT2D eigenvalue weighted by Gasteiger charge is -2.33. The highest BCUT2D eigenvalue weighted by Crippen LogP contribution is 2.18. The average Bonchev–Trinajstić information content (AvgIpc) is 2.46. The van der Waals surface area contributed by atoms with Crippen molar-refractivity contribution in [2.24, 2.45) is 0 Å². The normalized spacial score (nSPS) is 19.1. The molecule has 1 aromatic rings. The van der Waals surface area contributed by atoms with Crippen LogP contribution in [0.4, 0.5) is 5.69 Å².